The Kier molecular flexibility index (Phi) is 5.55. The summed E-state index contributed by atoms with van der Waals surface area (Å²) >= 11 is 3.07. The fraction of sp³-hybridized carbons (Fsp3) is 0.429. The van der Waals surface area contributed by atoms with Crippen molar-refractivity contribution in [3.63, 3.8) is 0 Å². The summed E-state index contributed by atoms with van der Waals surface area (Å²) in [5.41, 5.74) is 1.24. The molecule has 0 aromatic heterocycles. The van der Waals surface area contributed by atoms with Crippen molar-refractivity contribution in [3.8, 4) is 0 Å². The number of halogens is 1. The van der Waals surface area contributed by atoms with E-state index >= 15 is 0 Å². The third-order valence-corrected chi connectivity index (χ3v) is 3.58. The number of hydrogen-bond donors (Lipinski definition) is 2. The molecule has 0 saturated carbocycles. The van der Waals surface area contributed by atoms with Gasteiger partial charge >= 0.3 is 0 Å². The van der Waals surface area contributed by atoms with Gasteiger partial charge in [0, 0.05) is 24.4 Å². The lowest BCUT2D eigenvalue weighted by atomic mass is 10.2. The highest BCUT2D eigenvalue weighted by atomic mass is 79.9. The van der Waals surface area contributed by atoms with E-state index in [4.69, 9.17) is 4.74 Å². The van der Waals surface area contributed by atoms with Crippen molar-refractivity contribution in [2.24, 2.45) is 0 Å². The lowest BCUT2D eigenvalue weighted by Crippen LogP contribution is -2.31. The van der Waals surface area contributed by atoms with E-state index in [2.05, 4.69) is 26.6 Å². The first kappa shape index (κ1) is 15.0. The molecule has 2 rings (SSSR count). The van der Waals surface area contributed by atoms with Crippen LogP contribution < -0.4 is 10.6 Å². The van der Waals surface area contributed by atoms with Crippen molar-refractivity contribution in [1.29, 1.82) is 0 Å². The van der Waals surface area contributed by atoms with Crippen LogP contribution in [0.5, 0.6) is 0 Å². The molecule has 1 aromatic carbocycles. The normalized spacial score (nSPS) is 17.8. The van der Waals surface area contributed by atoms with Gasteiger partial charge in [-0.05, 0) is 37.1 Å². The SMILES string of the molecule is O=C(CBr)Nc1ccc(C(=O)NCC2CCCO2)cc1. The number of ether oxygens (including phenoxy) is 1. The molecule has 0 aliphatic carbocycles. The van der Waals surface area contributed by atoms with Crippen molar-refractivity contribution in [3.05, 3.63) is 29.8 Å². The molecular formula is C14H17BrN2O3. The number of rotatable bonds is 5. The quantitative estimate of drug-likeness (QED) is 0.805. The molecule has 2 amide bonds. The molecule has 0 radical (unpaired) electrons. The molecule has 20 heavy (non-hydrogen) atoms. The topological polar surface area (TPSA) is 67.4 Å². The van der Waals surface area contributed by atoms with Gasteiger partial charge in [0.25, 0.3) is 5.91 Å². The Morgan fingerprint density at radius 3 is 2.65 bits per heavy atom. The van der Waals surface area contributed by atoms with Crippen molar-refractivity contribution in [2.45, 2.75) is 18.9 Å². The monoisotopic (exact) mass is 340 g/mol. The van der Waals surface area contributed by atoms with Crippen LogP contribution in [0.1, 0.15) is 23.2 Å². The van der Waals surface area contributed by atoms with Gasteiger partial charge in [-0.1, -0.05) is 15.9 Å². The molecule has 2 N–H and O–H groups in total. The highest BCUT2D eigenvalue weighted by Gasteiger charge is 2.16. The summed E-state index contributed by atoms with van der Waals surface area (Å²) in [6.07, 6.45) is 2.19. The van der Waals surface area contributed by atoms with Crippen LogP contribution in [0.3, 0.4) is 0 Å². The first-order valence-corrected chi connectivity index (χ1v) is 7.67. The second kappa shape index (κ2) is 7.40. The van der Waals surface area contributed by atoms with Crippen LogP contribution in [0.25, 0.3) is 0 Å². The summed E-state index contributed by atoms with van der Waals surface area (Å²) in [6.45, 7) is 1.32. The number of carbonyl (C=O) groups excluding carboxylic acids is 2. The van der Waals surface area contributed by atoms with E-state index in [9.17, 15) is 9.59 Å². The molecule has 1 atom stereocenters. The summed E-state index contributed by atoms with van der Waals surface area (Å²) in [6, 6.07) is 6.80. The Hall–Kier alpha value is -1.40. The number of carbonyl (C=O) groups is 2. The number of anilines is 1. The van der Waals surface area contributed by atoms with Crippen molar-refractivity contribution in [1.82, 2.24) is 5.32 Å². The molecule has 0 bridgehead atoms. The first-order chi connectivity index (χ1) is 9.69. The third-order valence-electron chi connectivity index (χ3n) is 3.07. The highest BCUT2D eigenvalue weighted by Crippen LogP contribution is 2.12. The number of nitrogens with one attached hydrogen (secondary N) is 2. The van der Waals surface area contributed by atoms with E-state index in [-0.39, 0.29) is 23.2 Å². The van der Waals surface area contributed by atoms with E-state index in [0.717, 1.165) is 19.4 Å². The van der Waals surface area contributed by atoms with E-state index < -0.39 is 0 Å². The van der Waals surface area contributed by atoms with Gasteiger partial charge in [-0.3, -0.25) is 9.59 Å². The molecule has 1 aromatic rings. The minimum atomic E-state index is -0.126. The summed E-state index contributed by atoms with van der Waals surface area (Å²) in [5, 5.41) is 5.80. The second-order valence-corrected chi connectivity index (χ2v) is 5.16. The number of alkyl halides is 1. The Labute approximate surface area is 126 Å². The van der Waals surface area contributed by atoms with Crippen LogP contribution in [0, 0.1) is 0 Å². The van der Waals surface area contributed by atoms with Gasteiger partial charge in [-0.2, -0.15) is 0 Å². The van der Waals surface area contributed by atoms with Gasteiger partial charge in [0.05, 0.1) is 11.4 Å². The van der Waals surface area contributed by atoms with Crippen LogP contribution >= 0.6 is 15.9 Å². The molecule has 108 valence electrons. The van der Waals surface area contributed by atoms with E-state index in [1.54, 1.807) is 24.3 Å². The van der Waals surface area contributed by atoms with Crippen LogP contribution in [0.4, 0.5) is 5.69 Å². The predicted molar refractivity (Wildman–Crippen MR) is 80.2 cm³/mol. The average molecular weight is 341 g/mol. The summed E-state index contributed by atoms with van der Waals surface area (Å²) in [5.74, 6) is -0.251. The van der Waals surface area contributed by atoms with E-state index in [1.807, 2.05) is 0 Å². The molecule has 0 spiro atoms. The van der Waals surface area contributed by atoms with Crippen molar-refractivity contribution < 1.29 is 14.3 Å². The highest BCUT2D eigenvalue weighted by molar-refractivity contribution is 9.09. The minimum Gasteiger partial charge on any atom is -0.376 e. The Morgan fingerprint density at radius 2 is 2.05 bits per heavy atom. The zero-order chi connectivity index (χ0) is 14.4. The van der Waals surface area contributed by atoms with Gasteiger partial charge in [0.2, 0.25) is 5.91 Å². The van der Waals surface area contributed by atoms with Crippen LogP contribution in [-0.2, 0) is 9.53 Å². The van der Waals surface area contributed by atoms with Gasteiger partial charge in [-0.15, -0.1) is 0 Å². The fourth-order valence-electron chi connectivity index (χ4n) is 2.01. The third kappa shape index (κ3) is 4.31. The van der Waals surface area contributed by atoms with Crippen LogP contribution in [0.15, 0.2) is 24.3 Å². The fourth-order valence-corrected chi connectivity index (χ4v) is 2.15. The second-order valence-electron chi connectivity index (χ2n) is 4.60. The maximum absolute atomic E-state index is 11.9. The Morgan fingerprint density at radius 1 is 1.30 bits per heavy atom. The van der Waals surface area contributed by atoms with Gasteiger partial charge in [-0.25, -0.2) is 0 Å². The lowest BCUT2D eigenvalue weighted by molar-refractivity contribution is -0.113. The number of benzene rings is 1. The molecule has 6 heteroatoms. The molecule has 1 fully saturated rings. The van der Waals surface area contributed by atoms with Crippen molar-refractivity contribution >= 4 is 33.4 Å². The molecule has 1 aliphatic rings. The predicted octanol–water partition coefficient (Wildman–Crippen LogP) is 1.93. The van der Waals surface area contributed by atoms with Gasteiger partial charge in [0.1, 0.15) is 0 Å². The number of hydrogen-bond acceptors (Lipinski definition) is 3. The Bertz CT molecular complexity index is 470. The largest absolute Gasteiger partial charge is 0.376 e. The molecule has 5 nitrogen and oxygen atoms in total. The Balaban J connectivity index is 1.85. The maximum Gasteiger partial charge on any atom is 0.251 e. The minimum absolute atomic E-state index is 0.124. The zero-order valence-corrected chi connectivity index (χ0v) is 12.6. The molecule has 1 heterocycles. The van der Waals surface area contributed by atoms with E-state index in [0.29, 0.717) is 17.8 Å². The standard InChI is InChI=1S/C14H17BrN2O3/c15-8-13(18)17-11-5-3-10(4-6-11)14(19)16-9-12-2-1-7-20-12/h3-6,12H,1-2,7-9H2,(H,16,19)(H,17,18). The van der Waals surface area contributed by atoms with Crippen LogP contribution in [0.2, 0.25) is 0 Å². The summed E-state index contributed by atoms with van der Waals surface area (Å²) in [7, 11) is 0. The summed E-state index contributed by atoms with van der Waals surface area (Å²) < 4.78 is 5.45. The molecule has 1 aliphatic heterocycles. The molecule has 1 saturated heterocycles. The number of amides is 2. The van der Waals surface area contributed by atoms with Gasteiger partial charge in [0.15, 0.2) is 0 Å². The lowest BCUT2D eigenvalue weighted by Gasteiger charge is -2.11. The van der Waals surface area contributed by atoms with Crippen LogP contribution in [-0.4, -0.2) is 36.4 Å². The molecule has 1 unspecified atom stereocenters. The smallest absolute Gasteiger partial charge is 0.251 e. The van der Waals surface area contributed by atoms with Gasteiger partial charge < -0.3 is 15.4 Å². The zero-order valence-electron chi connectivity index (χ0n) is 11.0. The molecular weight excluding hydrogens is 324 g/mol. The first-order valence-electron chi connectivity index (χ1n) is 6.54. The van der Waals surface area contributed by atoms with E-state index in [1.165, 1.54) is 0 Å². The maximum atomic E-state index is 11.9. The summed E-state index contributed by atoms with van der Waals surface area (Å²) in [4.78, 5) is 23.1. The van der Waals surface area contributed by atoms with Crippen molar-refractivity contribution in [2.75, 3.05) is 23.8 Å². The average Bonchev–Trinajstić information content (AvgIpc) is 2.98.